The van der Waals surface area contributed by atoms with Crippen molar-refractivity contribution in [3.05, 3.63) is 60.4 Å². The number of nitrogens with two attached hydrogens (primary N) is 1. The number of para-hydroxylation sites is 1. The largest absolute Gasteiger partial charge is 0.464 e. The third-order valence-corrected chi connectivity index (χ3v) is 3.59. The van der Waals surface area contributed by atoms with Crippen molar-refractivity contribution in [2.24, 2.45) is 0 Å². The zero-order valence-corrected chi connectivity index (χ0v) is 11.5. The monoisotopic (exact) mass is 266 g/mol. The Hall–Kier alpha value is -2.42. The van der Waals surface area contributed by atoms with Crippen molar-refractivity contribution >= 4 is 22.3 Å². The van der Waals surface area contributed by atoms with Crippen LogP contribution in [-0.4, -0.2) is 13.6 Å². The van der Waals surface area contributed by atoms with Crippen LogP contribution in [0.3, 0.4) is 0 Å². The fourth-order valence-corrected chi connectivity index (χ4v) is 2.41. The number of benzene rings is 2. The minimum atomic E-state index is 0.795. The molecule has 3 rings (SSSR count). The van der Waals surface area contributed by atoms with Gasteiger partial charge in [0, 0.05) is 30.4 Å². The third kappa shape index (κ3) is 2.48. The molecule has 102 valence electrons. The molecule has 0 saturated heterocycles. The van der Waals surface area contributed by atoms with Gasteiger partial charge in [0.15, 0.2) is 0 Å². The van der Waals surface area contributed by atoms with Gasteiger partial charge in [-0.15, -0.1) is 0 Å². The van der Waals surface area contributed by atoms with Crippen molar-refractivity contribution < 1.29 is 4.42 Å². The lowest BCUT2D eigenvalue weighted by atomic mass is 10.1. The van der Waals surface area contributed by atoms with E-state index in [2.05, 4.69) is 24.1 Å². The Morgan fingerprint density at radius 3 is 2.80 bits per heavy atom. The SMILES string of the molecule is CN(CCc1coc2ccccc12)c1cccc(N)c1. The number of hydrogen-bond acceptors (Lipinski definition) is 3. The first kappa shape index (κ1) is 12.6. The van der Waals surface area contributed by atoms with E-state index < -0.39 is 0 Å². The molecule has 3 heteroatoms. The minimum Gasteiger partial charge on any atom is -0.464 e. The summed E-state index contributed by atoms with van der Waals surface area (Å²) in [5, 5.41) is 1.20. The van der Waals surface area contributed by atoms with Gasteiger partial charge in [-0.25, -0.2) is 0 Å². The summed E-state index contributed by atoms with van der Waals surface area (Å²) < 4.78 is 5.57. The van der Waals surface area contributed by atoms with E-state index in [0.717, 1.165) is 29.9 Å². The lowest BCUT2D eigenvalue weighted by molar-refractivity contribution is 0.610. The molecule has 3 nitrogen and oxygen atoms in total. The van der Waals surface area contributed by atoms with Crippen LogP contribution in [0.2, 0.25) is 0 Å². The molecule has 1 aromatic heterocycles. The van der Waals surface area contributed by atoms with Crippen LogP contribution in [0.4, 0.5) is 11.4 Å². The summed E-state index contributed by atoms with van der Waals surface area (Å²) in [4.78, 5) is 2.21. The summed E-state index contributed by atoms with van der Waals surface area (Å²) in [5.41, 5.74) is 9.95. The molecule has 0 aliphatic rings. The highest BCUT2D eigenvalue weighted by molar-refractivity contribution is 5.80. The van der Waals surface area contributed by atoms with E-state index in [1.807, 2.05) is 42.7 Å². The van der Waals surface area contributed by atoms with Crippen LogP contribution in [0, 0.1) is 0 Å². The Kier molecular flexibility index (Phi) is 3.33. The Balaban J connectivity index is 1.73. The molecule has 2 aromatic carbocycles. The summed E-state index contributed by atoms with van der Waals surface area (Å²) in [6, 6.07) is 16.1. The first-order chi connectivity index (χ1) is 9.74. The van der Waals surface area contributed by atoms with Crippen molar-refractivity contribution in [1.29, 1.82) is 0 Å². The number of anilines is 2. The molecule has 2 N–H and O–H groups in total. The maximum absolute atomic E-state index is 5.82. The van der Waals surface area contributed by atoms with Gasteiger partial charge in [-0.3, -0.25) is 0 Å². The number of fused-ring (bicyclic) bond motifs is 1. The highest BCUT2D eigenvalue weighted by atomic mass is 16.3. The summed E-state index contributed by atoms with van der Waals surface area (Å²) in [5.74, 6) is 0. The van der Waals surface area contributed by atoms with Crippen molar-refractivity contribution in [3.63, 3.8) is 0 Å². The average Bonchev–Trinajstić information content (AvgIpc) is 2.88. The predicted molar refractivity (Wildman–Crippen MR) is 84.0 cm³/mol. The van der Waals surface area contributed by atoms with E-state index in [-0.39, 0.29) is 0 Å². The summed E-state index contributed by atoms with van der Waals surface area (Å²) in [6.07, 6.45) is 2.81. The lowest BCUT2D eigenvalue weighted by Gasteiger charge is -2.19. The van der Waals surface area contributed by atoms with Crippen LogP contribution in [0.1, 0.15) is 5.56 Å². The molecular formula is C17H18N2O. The van der Waals surface area contributed by atoms with Gasteiger partial charge in [-0.05, 0) is 36.2 Å². The maximum atomic E-state index is 5.82. The Bertz CT molecular complexity index is 718. The van der Waals surface area contributed by atoms with Gasteiger partial charge < -0.3 is 15.1 Å². The maximum Gasteiger partial charge on any atom is 0.134 e. The molecule has 0 atom stereocenters. The van der Waals surface area contributed by atoms with E-state index in [0.29, 0.717) is 0 Å². The topological polar surface area (TPSA) is 42.4 Å². The van der Waals surface area contributed by atoms with Crippen molar-refractivity contribution in [1.82, 2.24) is 0 Å². The van der Waals surface area contributed by atoms with Gasteiger partial charge in [0.2, 0.25) is 0 Å². The molecule has 0 saturated carbocycles. The number of likely N-dealkylation sites (N-methyl/N-ethyl adjacent to an activating group) is 1. The third-order valence-electron chi connectivity index (χ3n) is 3.59. The van der Waals surface area contributed by atoms with Crippen LogP contribution in [-0.2, 0) is 6.42 Å². The zero-order chi connectivity index (χ0) is 13.9. The lowest BCUT2D eigenvalue weighted by Crippen LogP contribution is -2.20. The van der Waals surface area contributed by atoms with E-state index in [1.165, 1.54) is 10.9 Å². The number of nitrogen functional groups attached to an aromatic ring is 1. The average molecular weight is 266 g/mol. The van der Waals surface area contributed by atoms with Crippen molar-refractivity contribution in [2.75, 3.05) is 24.2 Å². The fourth-order valence-electron chi connectivity index (χ4n) is 2.41. The Morgan fingerprint density at radius 2 is 1.95 bits per heavy atom. The molecule has 0 spiro atoms. The molecule has 0 radical (unpaired) electrons. The Labute approximate surface area is 118 Å². The first-order valence-corrected chi connectivity index (χ1v) is 6.76. The highest BCUT2D eigenvalue weighted by Gasteiger charge is 2.07. The van der Waals surface area contributed by atoms with Crippen LogP contribution in [0.25, 0.3) is 11.0 Å². The number of rotatable bonds is 4. The second-order valence-corrected chi connectivity index (χ2v) is 5.02. The molecule has 0 aliphatic carbocycles. The van der Waals surface area contributed by atoms with Crippen LogP contribution in [0.15, 0.2) is 59.2 Å². The summed E-state index contributed by atoms with van der Waals surface area (Å²) >= 11 is 0. The van der Waals surface area contributed by atoms with Crippen LogP contribution in [0.5, 0.6) is 0 Å². The second kappa shape index (κ2) is 5.29. The number of nitrogens with zero attached hydrogens (tertiary/aromatic N) is 1. The van der Waals surface area contributed by atoms with E-state index in [1.54, 1.807) is 0 Å². The number of furan rings is 1. The molecule has 3 aromatic rings. The highest BCUT2D eigenvalue weighted by Crippen LogP contribution is 2.22. The molecule has 1 heterocycles. The first-order valence-electron chi connectivity index (χ1n) is 6.76. The van der Waals surface area contributed by atoms with E-state index in [4.69, 9.17) is 10.2 Å². The smallest absolute Gasteiger partial charge is 0.134 e. The van der Waals surface area contributed by atoms with Crippen molar-refractivity contribution in [3.8, 4) is 0 Å². The predicted octanol–water partition coefficient (Wildman–Crippen LogP) is 3.69. The summed E-state index contributed by atoms with van der Waals surface area (Å²) in [7, 11) is 2.08. The van der Waals surface area contributed by atoms with Crippen molar-refractivity contribution in [2.45, 2.75) is 6.42 Å². The van der Waals surface area contributed by atoms with Gasteiger partial charge in [0.1, 0.15) is 5.58 Å². The van der Waals surface area contributed by atoms with Gasteiger partial charge in [0.05, 0.1) is 6.26 Å². The van der Waals surface area contributed by atoms with E-state index in [9.17, 15) is 0 Å². The summed E-state index contributed by atoms with van der Waals surface area (Å²) in [6.45, 7) is 0.924. The quantitative estimate of drug-likeness (QED) is 0.732. The van der Waals surface area contributed by atoms with Crippen LogP contribution >= 0.6 is 0 Å². The zero-order valence-electron chi connectivity index (χ0n) is 11.5. The Morgan fingerprint density at radius 1 is 1.10 bits per heavy atom. The van der Waals surface area contributed by atoms with Gasteiger partial charge in [-0.2, -0.15) is 0 Å². The molecular weight excluding hydrogens is 248 g/mol. The second-order valence-electron chi connectivity index (χ2n) is 5.02. The molecule has 0 aliphatic heterocycles. The minimum absolute atomic E-state index is 0.795. The van der Waals surface area contributed by atoms with Gasteiger partial charge in [-0.1, -0.05) is 24.3 Å². The van der Waals surface area contributed by atoms with Gasteiger partial charge in [0.25, 0.3) is 0 Å². The normalized spacial score (nSPS) is 10.8. The van der Waals surface area contributed by atoms with Crippen LogP contribution < -0.4 is 10.6 Å². The molecule has 20 heavy (non-hydrogen) atoms. The fraction of sp³-hybridized carbons (Fsp3) is 0.176. The molecule has 0 bridgehead atoms. The number of hydrogen-bond donors (Lipinski definition) is 1. The molecule has 0 unspecified atom stereocenters. The standard InChI is InChI=1S/C17H18N2O/c1-19(15-6-4-5-14(18)11-15)10-9-13-12-20-17-8-3-2-7-16(13)17/h2-8,11-12H,9-10,18H2,1H3. The molecule has 0 fully saturated rings. The van der Waals surface area contributed by atoms with Gasteiger partial charge >= 0.3 is 0 Å². The van der Waals surface area contributed by atoms with E-state index >= 15 is 0 Å². The molecule has 0 amide bonds.